The molecule has 3 aromatic heterocycles. The highest BCUT2D eigenvalue weighted by Gasteiger charge is 2.17. The highest BCUT2D eigenvalue weighted by Crippen LogP contribution is 2.20. The third kappa shape index (κ3) is 2.89. The second-order valence-electron chi connectivity index (χ2n) is 6.51. The van der Waals surface area contributed by atoms with Gasteiger partial charge in [-0.05, 0) is 18.9 Å². The molecule has 4 rings (SSSR count). The molecule has 130 valence electrons. The summed E-state index contributed by atoms with van der Waals surface area (Å²) >= 11 is 1.60. The van der Waals surface area contributed by atoms with Gasteiger partial charge in [0.15, 0.2) is 10.8 Å². The first-order chi connectivity index (χ1) is 12.2. The van der Waals surface area contributed by atoms with Crippen LogP contribution in [0.2, 0.25) is 0 Å². The van der Waals surface area contributed by atoms with Gasteiger partial charge in [0, 0.05) is 42.8 Å². The van der Waals surface area contributed by atoms with E-state index in [-0.39, 0.29) is 0 Å². The van der Waals surface area contributed by atoms with Crippen LogP contribution in [0.3, 0.4) is 0 Å². The zero-order valence-corrected chi connectivity index (χ0v) is 15.5. The SMILES string of the molecule is CCn1c(Cn2ccnc2-c2nccs2)nc2c1=CNC(C(C)C)C=2. The second kappa shape index (κ2) is 6.48. The number of fused-ring (bicyclic) bond motifs is 1. The van der Waals surface area contributed by atoms with Gasteiger partial charge in [-0.15, -0.1) is 11.3 Å². The summed E-state index contributed by atoms with van der Waals surface area (Å²) in [4.78, 5) is 13.8. The van der Waals surface area contributed by atoms with Crippen molar-refractivity contribution in [2.45, 2.75) is 39.9 Å². The highest BCUT2D eigenvalue weighted by molar-refractivity contribution is 7.13. The Balaban J connectivity index is 1.74. The quantitative estimate of drug-likeness (QED) is 0.753. The van der Waals surface area contributed by atoms with Crippen molar-refractivity contribution in [2.24, 2.45) is 5.92 Å². The third-order valence-electron chi connectivity index (χ3n) is 4.55. The Morgan fingerprint density at radius 1 is 1.28 bits per heavy atom. The molecule has 1 N–H and O–H groups in total. The van der Waals surface area contributed by atoms with Crippen LogP contribution < -0.4 is 16.0 Å². The van der Waals surface area contributed by atoms with Gasteiger partial charge in [-0.1, -0.05) is 13.8 Å². The van der Waals surface area contributed by atoms with Crippen LogP contribution in [-0.2, 0) is 13.1 Å². The van der Waals surface area contributed by atoms with Gasteiger partial charge in [-0.2, -0.15) is 0 Å². The fourth-order valence-electron chi connectivity index (χ4n) is 3.18. The topological polar surface area (TPSA) is 60.6 Å². The Bertz CT molecular complexity index is 980. The molecule has 1 atom stereocenters. The molecule has 7 heteroatoms. The van der Waals surface area contributed by atoms with Crippen molar-refractivity contribution in [3.05, 3.63) is 40.5 Å². The molecule has 25 heavy (non-hydrogen) atoms. The van der Waals surface area contributed by atoms with E-state index < -0.39 is 0 Å². The summed E-state index contributed by atoms with van der Waals surface area (Å²) in [6, 6.07) is 0.333. The van der Waals surface area contributed by atoms with Crippen molar-refractivity contribution < 1.29 is 0 Å². The minimum atomic E-state index is 0.333. The van der Waals surface area contributed by atoms with E-state index in [9.17, 15) is 0 Å². The lowest BCUT2D eigenvalue weighted by molar-refractivity contribution is 0.541. The van der Waals surface area contributed by atoms with Crippen molar-refractivity contribution >= 4 is 23.6 Å². The van der Waals surface area contributed by atoms with Crippen LogP contribution in [0, 0.1) is 5.92 Å². The Morgan fingerprint density at radius 2 is 2.16 bits per heavy atom. The normalized spacial score (nSPS) is 16.2. The maximum atomic E-state index is 4.92. The minimum Gasteiger partial charge on any atom is -0.383 e. The second-order valence-corrected chi connectivity index (χ2v) is 7.40. The zero-order chi connectivity index (χ0) is 17.4. The molecule has 0 bridgehead atoms. The maximum Gasteiger partial charge on any atom is 0.169 e. The van der Waals surface area contributed by atoms with E-state index in [4.69, 9.17) is 4.98 Å². The summed E-state index contributed by atoms with van der Waals surface area (Å²) in [5.74, 6) is 2.47. The average Bonchev–Trinajstić information content (AvgIpc) is 3.33. The number of aromatic nitrogens is 5. The van der Waals surface area contributed by atoms with Crippen LogP contribution in [0.4, 0.5) is 0 Å². The molecule has 0 aromatic carbocycles. The van der Waals surface area contributed by atoms with E-state index in [1.807, 2.05) is 24.0 Å². The maximum absolute atomic E-state index is 4.92. The smallest absolute Gasteiger partial charge is 0.169 e. The number of hydrogen-bond acceptors (Lipinski definition) is 5. The molecule has 1 aliphatic rings. The Morgan fingerprint density at radius 3 is 2.88 bits per heavy atom. The van der Waals surface area contributed by atoms with Crippen LogP contribution in [0.1, 0.15) is 26.6 Å². The van der Waals surface area contributed by atoms with E-state index in [2.05, 4.69) is 57.5 Å². The molecule has 0 saturated heterocycles. The van der Waals surface area contributed by atoms with E-state index in [1.165, 1.54) is 0 Å². The number of thiazole rings is 1. The van der Waals surface area contributed by atoms with Crippen LogP contribution in [0.25, 0.3) is 23.1 Å². The number of rotatable bonds is 5. The van der Waals surface area contributed by atoms with Gasteiger partial charge in [0.1, 0.15) is 5.82 Å². The predicted octanol–water partition coefficient (Wildman–Crippen LogP) is 1.42. The number of nitrogens with one attached hydrogen (secondary N) is 1. The summed E-state index contributed by atoms with van der Waals surface area (Å²) in [5, 5.41) is 8.63. The molecule has 0 saturated carbocycles. The van der Waals surface area contributed by atoms with E-state index >= 15 is 0 Å². The van der Waals surface area contributed by atoms with E-state index in [0.717, 1.165) is 33.9 Å². The molecular formula is C18H22N6S. The molecule has 4 heterocycles. The van der Waals surface area contributed by atoms with Gasteiger partial charge in [-0.25, -0.2) is 15.0 Å². The van der Waals surface area contributed by atoms with Crippen LogP contribution in [-0.4, -0.2) is 30.1 Å². The summed E-state index contributed by atoms with van der Waals surface area (Å²) in [5.41, 5.74) is 0. The molecule has 0 fully saturated rings. The van der Waals surface area contributed by atoms with Crippen molar-refractivity contribution in [1.82, 2.24) is 29.4 Å². The zero-order valence-electron chi connectivity index (χ0n) is 14.7. The summed E-state index contributed by atoms with van der Waals surface area (Å²) in [7, 11) is 0. The molecule has 0 aliphatic carbocycles. The van der Waals surface area contributed by atoms with E-state index in [1.54, 1.807) is 11.3 Å². The standard InChI is InChI=1S/C18H22N6S/c1-4-24-15-10-21-13(12(2)3)9-14(15)22-16(24)11-23-7-5-19-17(23)18-20-6-8-25-18/h5-10,12-13,21H,4,11H2,1-3H3. The number of imidazole rings is 2. The van der Waals surface area contributed by atoms with Gasteiger partial charge in [0.2, 0.25) is 0 Å². The molecular weight excluding hydrogens is 332 g/mol. The Kier molecular flexibility index (Phi) is 4.17. The summed E-state index contributed by atoms with van der Waals surface area (Å²) in [6.45, 7) is 8.16. The fourth-order valence-corrected chi connectivity index (χ4v) is 3.83. The fraction of sp³-hybridized carbons (Fsp3) is 0.389. The molecule has 1 unspecified atom stereocenters. The van der Waals surface area contributed by atoms with Gasteiger partial charge in [-0.3, -0.25) is 0 Å². The molecule has 3 aromatic rings. The Hall–Kier alpha value is -2.41. The van der Waals surface area contributed by atoms with E-state index in [0.29, 0.717) is 18.5 Å². The first-order valence-electron chi connectivity index (χ1n) is 8.62. The minimum absolute atomic E-state index is 0.333. The van der Waals surface area contributed by atoms with Gasteiger partial charge in [0.05, 0.1) is 17.2 Å². The van der Waals surface area contributed by atoms with Gasteiger partial charge < -0.3 is 14.5 Å². The summed E-state index contributed by atoms with van der Waals surface area (Å²) < 4.78 is 4.38. The van der Waals surface area contributed by atoms with Crippen molar-refractivity contribution in [3.63, 3.8) is 0 Å². The number of nitrogens with zero attached hydrogens (tertiary/aromatic N) is 5. The Labute approximate surface area is 150 Å². The van der Waals surface area contributed by atoms with Crippen molar-refractivity contribution in [2.75, 3.05) is 0 Å². The molecule has 0 spiro atoms. The number of hydrogen-bond donors (Lipinski definition) is 1. The molecule has 0 amide bonds. The van der Waals surface area contributed by atoms with Gasteiger partial charge >= 0.3 is 0 Å². The third-order valence-corrected chi connectivity index (χ3v) is 5.32. The van der Waals surface area contributed by atoms with Crippen LogP contribution in [0.15, 0.2) is 24.0 Å². The molecule has 6 nitrogen and oxygen atoms in total. The highest BCUT2D eigenvalue weighted by atomic mass is 32.1. The summed E-state index contributed by atoms with van der Waals surface area (Å²) in [6.07, 6.45) is 9.98. The average molecular weight is 354 g/mol. The van der Waals surface area contributed by atoms with Crippen molar-refractivity contribution in [3.8, 4) is 10.8 Å². The lowest BCUT2D eigenvalue weighted by Gasteiger charge is -2.19. The largest absolute Gasteiger partial charge is 0.383 e. The predicted molar refractivity (Wildman–Crippen MR) is 100 cm³/mol. The lowest BCUT2D eigenvalue weighted by Crippen LogP contribution is -2.43. The first-order valence-corrected chi connectivity index (χ1v) is 9.50. The van der Waals surface area contributed by atoms with Gasteiger partial charge in [0.25, 0.3) is 0 Å². The lowest BCUT2D eigenvalue weighted by atomic mass is 10.0. The van der Waals surface area contributed by atoms with Crippen molar-refractivity contribution in [1.29, 1.82) is 0 Å². The molecule has 1 aliphatic heterocycles. The van der Waals surface area contributed by atoms with Crippen LogP contribution in [0.5, 0.6) is 0 Å². The first kappa shape index (κ1) is 16.1. The monoisotopic (exact) mass is 354 g/mol. The van der Waals surface area contributed by atoms with Crippen LogP contribution >= 0.6 is 11.3 Å². The molecule has 0 radical (unpaired) electrons.